The third kappa shape index (κ3) is 6.36. The molecule has 4 nitrogen and oxygen atoms in total. The van der Waals surface area contributed by atoms with Crippen molar-refractivity contribution in [1.82, 2.24) is 5.32 Å². The fraction of sp³-hybridized carbons (Fsp3) is 0.529. The molecule has 0 bridgehead atoms. The number of halogens is 2. The van der Waals surface area contributed by atoms with Crippen LogP contribution in [0.3, 0.4) is 0 Å². The Morgan fingerprint density at radius 2 is 1.48 bits per heavy atom. The molecule has 1 aromatic carbocycles. The molecule has 1 N–H and O–H groups in total. The van der Waals surface area contributed by atoms with Crippen molar-refractivity contribution in [2.24, 2.45) is 0 Å². The Morgan fingerprint density at radius 3 is 1.91 bits per heavy atom. The van der Waals surface area contributed by atoms with Gasteiger partial charge in [0, 0.05) is 11.1 Å². The van der Waals surface area contributed by atoms with E-state index in [-0.39, 0.29) is 28.7 Å². The molecule has 0 aliphatic heterocycles. The van der Waals surface area contributed by atoms with Crippen LogP contribution in [0.4, 0.5) is 0 Å². The van der Waals surface area contributed by atoms with Crippen molar-refractivity contribution in [3.8, 4) is 0 Å². The maximum Gasteiger partial charge on any atom is 0.251 e. The summed E-state index contributed by atoms with van der Waals surface area (Å²) in [6, 6.07) is 6.80. The van der Waals surface area contributed by atoms with E-state index < -0.39 is 0 Å². The fourth-order valence-corrected chi connectivity index (χ4v) is 2.86. The summed E-state index contributed by atoms with van der Waals surface area (Å²) in [5.41, 5.74) is 1.21. The van der Waals surface area contributed by atoms with Gasteiger partial charge in [0.25, 0.3) is 5.91 Å². The molecular weight excluding hydrogens is 424 g/mol. The van der Waals surface area contributed by atoms with E-state index in [0.29, 0.717) is 23.0 Å². The summed E-state index contributed by atoms with van der Waals surface area (Å²) < 4.78 is 1.01. The van der Waals surface area contributed by atoms with E-state index in [1.54, 1.807) is 24.3 Å². The summed E-state index contributed by atoms with van der Waals surface area (Å²) in [5, 5.41) is 3.27. The zero-order valence-corrected chi connectivity index (χ0v) is 17.2. The van der Waals surface area contributed by atoms with Crippen LogP contribution in [0, 0.1) is 0 Å². The Labute approximate surface area is 158 Å². The van der Waals surface area contributed by atoms with Crippen LogP contribution in [-0.4, -0.2) is 54.2 Å². The summed E-state index contributed by atoms with van der Waals surface area (Å²) in [6.07, 6.45) is 0. The average molecular weight is 450 g/mol. The van der Waals surface area contributed by atoms with Crippen molar-refractivity contribution in [2.45, 2.75) is 20.8 Å². The number of hydrogen-bond acceptors (Lipinski definition) is 2. The highest BCUT2D eigenvalue weighted by Crippen LogP contribution is 2.07. The van der Waals surface area contributed by atoms with Gasteiger partial charge < -0.3 is 26.8 Å². The molecule has 1 aromatic rings. The number of rotatable bonds is 9. The molecule has 0 atom stereocenters. The standard InChI is InChI=1S/C17H25BrN2O2.BrH/c1-4-20(5-2,6-3)12-11-19-17(22)15-9-7-14(8-10-15)16(21)13-18;/h7-10H,4-6,11-13H2,1-3H3;1H. The Hall–Kier alpha value is -0.720. The molecule has 0 radical (unpaired) electrons. The van der Waals surface area contributed by atoms with Crippen LogP contribution in [0.5, 0.6) is 0 Å². The highest BCUT2D eigenvalue weighted by Gasteiger charge is 2.20. The van der Waals surface area contributed by atoms with Gasteiger partial charge in [0.15, 0.2) is 5.78 Å². The van der Waals surface area contributed by atoms with Gasteiger partial charge in [-0.15, -0.1) is 0 Å². The minimum Gasteiger partial charge on any atom is -1.00 e. The molecule has 0 aromatic heterocycles. The zero-order chi connectivity index (χ0) is 16.6. The number of carbonyl (C=O) groups is 2. The number of amides is 1. The quantitative estimate of drug-likeness (QED) is 0.324. The normalized spacial score (nSPS) is 10.8. The van der Waals surface area contributed by atoms with Crippen LogP contribution in [0.15, 0.2) is 24.3 Å². The van der Waals surface area contributed by atoms with E-state index in [9.17, 15) is 9.59 Å². The summed E-state index contributed by atoms with van der Waals surface area (Å²) >= 11 is 3.14. The van der Waals surface area contributed by atoms with Gasteiger partial charge in [-0.1, -0.05) is 28.1 Å². The number of nitrogens with zero attached hydrogens (tertiary/aromatic N) is 1. The lowest BCUT2D eigenvalue weighted by molar-refractivity contribution is -0.922. The second kappa shape index (κ2) is 10.9. The van der Waals surface area contributed by atoms with Crippen LogP contribution in [0.2, 0.25) is 0 Å². The van der Waals surface area contributed by atoms with E-state index in [0.717, 1.165) is 30.7 Å². The molecule has 0 aliphatic rings. The number of Topliss-reactive ketones (excluding diaryl/α,β-unsaturated/α-hetero) is 1. The molecule has 23 heavy (non-hydrogen) atoms. The zero-order valence-electron chi connectivity index (χ0n) is 14.1. The summed E-state index contributed by atoms with van der Waals surface area (Å²) in [7, 11) is 0. The first kappa shape index (κ1) is 22.3. The van der Waals surface area contributed by atoms with Crippen LogP contribution in [0.1, 0.15) is 41.5 Å². The average Bonchev–Trinajstić information content (AvgIpc) is 2.58. The second-order valence-electron chi connectivity index (χ2n) is 5.40. The molecule has 0 saturated carbocycles. The van der Waals surface area contributed by atoms with Crippen molar-refractivity contribution >= 4 is 27.6 Å². The highest BCUT2D eigenvalue weighted by atomic mass is 79.9. The summed E-state index contributed by atoms with van der Waals surface area (Å²) in [6.45, 7) is 11.4. The first-order valence-electron chi connectivity index (χ1n) is 7.84. The maximum atomic E-state index is 12.1. The molecule has 6 heteroatoms. The van der Waals surface area contributed by atoms with E-state index >= 15 is 0 Å². The van der Waals surface area contributed by atoms with Gasteiger partial charge in [-0.05, 0) is 32.9 Å². The van der Waals surface area contributed by atoms with Gasteiger partial charge in [0.05, 0.1) is 38.1 Å². The van der Waals surface area contributed by atoms with Gasteiger partial charge in [0.1, 0.15) is 0 Å². The second-order valence-corrected chi connectivity index (χ2v) is 5.96. The van der Waals surface area contributed by atoms with Crippen LogP contribution in [-0.2, 0) is 0 Å². The molecule has 0 spiro atoms. The van der Waals surface area contributed by atoms with Crippen molar-refractivity contribution in [3.05, 3.63) is 35.4 Å². The first-order valence-corrected chi connectivity index (χ1v) is 8.96. The Balaban J connectivity index is 0.00000484. The van der Waals surface area contributed by atoms with Gasteiger partial charge >= 0.3 is 0 Å². The number of quaternary nitrogens is 1. The molecule has 0 heterocycles. The molecule has 0 saturated heterocycles. The SMILES string of the molecule is CC[N+](CC)(CC)CCNC(=O)c1ccc(C(=O)CBr)cc1.[Br-]. The predicted octanol–water partition coefficient (Wildman–Crippen LogP) is -0.125. The van der Waals surface area contributed by atoms with Crippen molar-refractivity contribution in [3.63, 3.8) is 0 Å². The number of ketones is 1. The van der Waals surface area contributed by atoms with E-state index in [1.165, 1.54) is 0 Å². The predicted molar refractivity (Wildman–Crippen MR) is 93.7 cm³/mol. The number of benzene rings is 1. The van der Waals surface area contributed by atoms with Crippen LogP contribution < -0.4 is 22.3 Å². The van der Waals surface area contributed by atoms with E-state index in [2.05, 4.69) is 42.0 Å². The highest BCUT2D eigenvalue weighted by molar-refractivity contribution is 9.09. The van der Waals surface area contributed by atoms with Crippen LogP contribution in [0.25, 0.3) is 0 Å². The number of alkyl halides is 1. The fourth-order valence-electron chi connectivity index (χ4n) is 2.54. The Morgan fingerprint density at radius 1 is 1.00 bits per heavy atom. The largest absolute Gasteiger partial charge is 1.00 e. The molecule has 0 aliphatic carbocycles. The minimum atomic E-state index is -0.0840. The van der Waals surface area contributed by atoms with Gasteiger partial charge in [0.2, 0.25) is 0 Å². The summed E-state index contributed by atoms with van der Waals surface area (Å²) in [4.78, 5) is 23.7. The van der Waals surface area contributed by atoms with Crippen LogP contribution >= 0.6 is 15.9 Å². The first-order chi connectivity index (χ1) is 10.5. The van der Waals surface area contributed by atoms with Gasteiger partial charge in [-0.3, -0.25) is 9.59 Å². The molecule has 1 amide bonds. The van der Waals surface area contributed by atoms with Crippen molar-refractivity contribution < 1.29 is 31.1 Å². The van der Waals surface area contributed by atoms with Gasteiger partial charge in [-0.25, -0.2) is 0 Å². The Bertz CT molecular complexity index is 492. The lowest BCUT2D eigenvalue weighted by Crippen LogP contribution is -3.00. The van der Waals surface area contributed by atoms with Crippen molar-refractivity contribution in [1.29, 1.82) is 0 Å². The van der Waals surface area contributed by atoms with Crippen molar-refractivity contribution in [2.75, 3.05) is 38.1 Å². The minimum absolute atomic E-state index is 0. The Kier molecular flexibility index (Phi) is 10.6. The maximum absolute atomic E-state index is 12.1. The number of likely N-dealkylation sites (N-methyl/N-ethyl adjacent to an activating group) is 1. The molecule has 0 unspecified atom stereocenters. The number of hydrogen-bond donors (Lipinski definition) is 1. The third-order valence-electron chi connectivity index (χ3n) is 4.47. The summed E-state index contributed by atoms with van der Waals surface area (Å²) in [5.74, 6) is -0.0675. The lowest BCUT2D eigenvalue weighted by atomic mass is 10.1. The monoisotopic (exact) mass is 448 g/mol. The molecular formula is C17H26Br2N2O2. The third-order valence-corrected chi connectivity index (χ3v) is 4.98. The number of nitrogens with one attached hydrogen (secondary N) is 1. The van der Waals surface area contributed by atoms with Gasteiger partial charge in [-0.2, -0.15) is 0 Å². The lowest BCUT2D eigenvalue weighted by Gasteiger charge is -2.35. The molecule has 1 rings (SSSR count). The van der Waals surface area contributed by atoms with E-state index in [1.807, 2.05) is 0 Å². The number of carbonyl (C=O) groups excluding carboxylic acids is 2. The molecule has 0 fully saturated rings. The van der Waals surface area contributed by atoms with E-state index in [4.69, 9.17) is 0 Å². The smallest absolute Gasteiger partial charge is 0.251 e. The molecule has 130 valence electrons. The topological polar surface area (TPSA) is 46.2 Å².